The quantitative estimate of drug-likeness (QED) is 0.909. The predicted octanol–water partition coefficient (Wildman–Crippen LogP) is 4.06. The summed E-state index contributed by atoms with van der Waals surface area (Å²) < 4.78 is 10.8. The molecule has 124 valence electrons. The number of ether oxygens (including phenoxy) is 2. The van der Waals surface area contributed by atoms with Crippen molar-refractivity contribution in [2.24, 2.45) is 5.92 Å². The third-order valence-corrected chi connectivity index (χ3v) is 5.03. The second kappa shape index (κ2) is 7.22. The van der Waals surface area contributed by atoms with E-state index >= 15 is 0 Å². The molecule has 23 heavy (non-hydrogen) atoms. The Morgan fingerprint density at radius 1 is 1.04 bits per heavy atom. The van der Waals surface area contributed by atoms with Gasteiger partial charge in [-0.3, -0.25) is 0 Å². The summed E-state index contributed by atoms with van der Waals surface area (Å²) in [4.78, 5) is 0. The number of methoxy groups -OCH3 is 2. The molecular weight excluding hydrogens is 286 g/mol. The van der Waals surface area contributed by atoms with E-state index in [-0.39, 0.29) is 0 Å². The standard InChI is InChI=1S/C20H27NO2/c1-14-10-17(15-6-8-21-9-7-15)12-18(11-14)16-4-5-19(22-2)20(13-16)23-3/h4-5,10-11,13,15,18,21H,6-9,12H2,1-3H3. The van der Waals surface area contributed by atoms with Crippen molar-refractivity contribution in [2.45, 2.75) is 32.1 Å². The van der Waals surface area contributed by atoms with Gasteiger partial charge in [0.15, 0.2) is 11.5 Å². The molecule has 0 radical (unpaired) electrons. The van der Waals surface area contributed by atoms with Crippen LogP contribution in [0.2, 0.25) is 0 Å². The first-order valence-electron chi connectivity index (χ1n) is 8.52. The molecule has 2 aliphatic rings. The summed E-state index contributed by atoms with van der Waals surface area (Å²) in [6.45, 7) is 4.51. The number of hydrogen-bond donors (Lipinski definition) is 1. The molecule has 1 aliphatic heterocycles. The van der Waals surface area contributed by atoms with Gasteiger partial charge in [-0.25, -0.2) is 0 Å². The maximum atomic E-state index is 5.47. The van der Waals surface area contributed by atoms with Gasteiger partial charge in [0.05, 0.1) is 14.2 Å². The monoisotopic (exact) mass is 313 g/mol. The Morgan fingerprint density at radius 3 is 2.48 bits per heavy atom. The highest BCUT2D eigenvalue weighted by molar-refractivity contribution is 5.46. The van der Waals surface area contributed by atoms with Gasteiger partial charge in [0, 0.05) is 5.92 Å². The molecule has 1 saturated heterocycles. The van der Waals surface area contributed by atoms with Crippen LogP contribution in [0.4, 0.5) is 0 Å². The Labute approximate surface area is 139 Å². The van der Waals surface area contributed by atoms with Crippen LogP contribution < -0.4 is 14.8 Å². The lowest BCUT2D eigenvalue weighted by Gasteiger charge is -2.30. The third-order valence-electron chi connectivity index (χ3n) is 5.03. The van der Waals surface area contributed by atoms with Crippen molar-refractivity contribution in [1.29, 1.82) is 0 Å². The largest absolute Gasteiger partial charge is 0.493 e. The molecule has 1 N–H and O–H groups in total. The van der Waals surface area contributed by atoms with E-state index in [0.29, 0.717) is 5.92 Å². The van der Waals surface area contributed by atoms with Crippen LogP contribution in [0.15, 0.2) is 41.5 Å². The van der Waals surface area contributed by atoms with Gasteiger partial charge in [-0.2, -0.15) is 0 Å². The molecule has 0 aromatic heterocycles. The Kier molecular flexibility index (Phi) is 5.06. The molecule has 1 fully saturated rings. The summed E-state index contributed by atoms with van der Waals surface area (Å²) >= 11 is 0. The van der Waals surface area contributed by atoms with Crippen molar-refractivity contribution >= 4 is 0 Å². The van der Waals surface area contributed by atoms with Gasteiger partial charge in [0.1, 0.15) is 0 Å². The van der Waals surface area contributed by atoms with Crippen LogP contribution in [0, 0.1) is 5.92 Å². The molecule has 1 aliphatic carbocycles. The first kappa shape index (κ1) is 16.1. The topological polar surface area (TPSA) is 30.5 Å². The normalized spacial score (nSPS) is 22.3. The highest BCUT2D eigenvalue weighted by Gasteiger charge is 2.24. The summed E-state index contributed by atoms with van der Waals surface area (Å²) in [7, 11) is 3.38. The van der Waals surface area contributed by atoms with Gasteiger partial charge in [-0.1, -0.05) is 29.4 Å². The van der Waals surface area contributed by atoms with E-state index in [0.717, 1.165) is 36.9 Å². The zero-order chi connectivity index (χ0) is 16.2. The van der Waals surface area contributed by atoms with Gasteiger partial charge in [0.25, 0.3) is 0 Å². The van der Waals surface area contributed by atoms with Crippen molar-refractivity contribution < 1.29 is 9.47 Å². The molecule has 3 heteroatoms. The lowest BCUT2D eigenvalue weighted by Crippen LogP contribution is -2.29. The average Bonchev–Trinajstić information content (AvgIpc) is 2.61. The molecular formula is C20H27NO2. The summed E-state index contributed by atoms with van der Waals surface area (Å²) in [6.07, 6.45) is 8.44. The minimum Gasteiger partial charge on any atom is -0.493 e. The van der Waals surface area contributed by atoms with Crippen LogP contribution in [0.1, 0.15) is 37.7 Å². The molecule has 1 atom stereocenters. The fourth-order valence-corrected chi connectivity index (χ4v) is 3.80. The van der Waals surface area contributed by atoms with Crippen molar-refractivity contribution in [3.05, 3.63) is 47.1 Å². The highest BCUT2D eigenvalue weighted by atomic mass is 16.5. The zero-order valence-corrected chi connectivity index (χ0v) is 14.4. The van der Waals surface area contributed by atoms with Crippen LogP contribution in [0.25, 0.3) is 0 Å². The lowest BCUT2D eigenvalue weighted by molar-refractivity contribution is 0.354. The van der Waals surface area contributed by atoms with Gasteiger partial charge in [-0.05, 0) is 62.9 Å². The molecule has 1 heterocycles. The van der Waals surface area contributed by atoms with E-state index in [4.69, 9.17) is 9.47 Å². The summed E-state index contributed by atoms with van der Waals surface area (Å²) in [5, 5.41) is 3.46. The molecule has 3 nitrogen and oxygen atoms in total. The van der Waals surface area contributed by atoms with E-state index in [1.807, 2.05) is 6.07 Å². The Balaban J connectivity index is 1.82. The summed E-state index contributed by atoms with van der Waals surface area (Å²) in [5.74, 6) is 2.78. The Morgan fingerprint density at radius 2 is 1.78 bits per heavy atom. The van der Waals surface area contributed by atoms with E-state index in [9.17, 15) is 0 Å². The lowest BCUT2D eigenvalue weighted by atomic mass is 9.78. The molecule has 1 aromatic carbocycles. The molecule has 3 rings (SSSR count). The SMILES string of the molecule is COc1ccc(C2C=C(C)C=C(C3CCNCC3)C2)cc1OC. The first-order valence-corrected chi connectivity index (χ1v) is 8.52. The predicted molar refractivity (Wildman–Crippen MR) is 94.3 cm³/mol. The van der Waals surface area contributed by atoms with E-state index in [2.05, 4.69) is 36.5 Å². The van der Waals surface area contributed by atoms with Crippen LogP contribution in [0.5, 0.6) is 11.5 Å². The third kappa shape index (κ3) is 3.61. The number of allylic oxidation sites excluding steroid dienone is 4. The van der Waals surface area contributed by atoms with Crippen molar-refractivity contribution in [3.63, 3.8) is 0 Å². The van der Waals surface area contributed by atoms with Crippen molar-refractivity contribution in [1.82, 2.24) is 5.32 Å². The summed E-state index contributed by atoms with van der Waals surface area (Å²) in [6, 6.07) is 6.31. The number of nitrogens with one attached hydrogen (secondary N) is 1. The molecule has 0 saturated carbocycles. The fraction of sp³-hybridized carbons (Fsp3) is 0.500. The van der Waals surface area contributed by atoms with E-state index in [1.165, 1.54) is 24.0 Å². The number of benzene rings is 1. The molecule has 1 unspecified atom stereocenters. The minimum atomic E-state index is 0.435. The van der Waals surface area contributed by atoms with Crippen molar-refractivity contribution in [3.8, 4) is 11.5 Å². The Hall–Kier alpha value is -1.74. The van der Waals surface area contributed by atoms with Crippen LogP contribution in [0.3, 0.4) is 0 Å². The maximum Gasteiger partial charge on any atom is 0.161 e. The first-order chi connectivity index (χ1) is 11.2. The maximum absolute atomic E-state index is 5.47. The summed E-state index contributed by atoms with van der Waals surface area (Å²) in [5.41, 5.74) is 4.30. The molecule has 0 amide bonds. The second-order valence-corrected chi connectivity index (χ2v) is 6.58. The highest BCUT2D eigenvalue weighted by Crippen LogP contribution is 2.39. The van der Waals surface area contributed by atoms with Gasteiger partial charge >= 0.3 is 0 Å². The fourth-order valence-electron chi connectivity index (χ4n) is 3.80. The van der Waals surface area contributed by atoms with Gasteiger partial charge < -0.3 is 14.8 Å². The van der Waals surface area contributed by atoms with Crippen LogP contribution >= 0.6 is 0 Å². The zero-order valence-electron chi connectivity index (χ0n) is 14.4. The van der Waals surface area contributed by atoms with Gasteiger partial charge in [0.2, 0.25) is 0 Å². The van der Waals surface area contributed by atoms with Gasteiger partial charge in [-0.15, -0.1) is 0 Å². The van der Waals surface area contributed by atoms with Crippen molar-refractivity contribution in [2.75, 3.05) is 27.3 Å². The average molecular weight is 313 g/mol. The molecule has 1 aromatic rings. The number of hydrogen-bond acceptors (Lipinski definition) is 3. The van der Waals surface area contributed by atoms with E-state index in [1.54, 1.807) is 19.8 Å². The minimum absolute atomic E-state index is 0.435. The second-order valence-electron chi connectivity index (χ2n) is 6.58. The van der Waals surface area contributed by atoms with Crippen LogP contribution in [-0.4, -0.2) is 27.3 Å². The smallest absolute Gasteiger partial charge is 0.161 e. The van der Waals surface area contributed by atoms with Crippen LogP contribution in [-0.2, 0) is 0 Å². The molecule has 0 spiro atoms. The molecule has 0 bridgehead atoms. The number of rotatable bonds is 4. The Bertz CT molecular complexity index is 612. The number of piperidine rings is 1. The van der Waals surface area contributed by atoms with E-state index < -0.39 is 0 Å².